The van der Waals surface area contributed by atoms with Crippen molar-refractivity contribution < 1.29 is 23.9 Å². The summed E-state index contributed by atoms with van der Waals surface area (Å²) in [6, 6.07) is 16.7. The number of hydrogen-bond acceptors (Lipinski definition) is 6. The highest BCUT2D eigenvalue weighted by atomic mass is 16.5. The number of methoxy groups -OCH3 is 1. The monoisotopic (exact) mass is 473 g/mol. The summed E-state index contributed by atoms with van der Waals surface area (Å²) in [7, 11) is 1.33. The lowest BCUT2D eigenvalue weighted by Gasteiger charge is -2.39. The number of ether oxygens (including phenoxy) is 2. The Hall–Kier alpha value is -3.67. The standard InChI is InChI=1S/C29H31NO5/c1-18-24(28(33)35-15-14-19-8-6-5-7-9-19)25(20-10-12-21(13-11-20)27(32)34-4)26-22(30-18)16-29(2,3)17-23(26)31/h5-13,25,30H,14-17H2,1-4H3. The van der Waals surface area contributed by atoms with Crippen LogP contribution in [0, 0.1) is 5.41 Å². The molecule has 2 aromatic rings. The van der Waals surface area contributed by atoms with Crippen molar-refractivity contribution in [1.82, 2.24) is 5.32 Å². The fourth-order valence-electron chi connectivity index (χ4n) is 4.95. The third-order valence-corrected chi connectivity index (χ3v) is 6.59. The molecule has 35 heavy (non-hydrogen) atoms. The van der Waals surface area contributed by atoms with Gasteiger partial charge in [-0.3, -0.25) is 4.79 Å². The predicted octanol–water partition coefficient (Wildman–Crippen LogP) is 4.86. The first-order valence-electron chi connectivity index (χ1n) is 11.8. The third kappa shape index (κ3) is 5.21. The largest absolute Gasteiger partial charge is 0.465 e. The number of hydrogen-bond donors (Lipinski definition) is 1. The maximum Gasteiger partial charge on any atom is 0.337 e. The van der Waals surface area contributed by atoms with Crippen LogP contribution in [0.3, 0.4) is 0 Å². The van der Waals surface area contributed by atoms with Crippen LogP contribution in [0.25, 0.3) is 0 Å². The van der Waals surface area contributed by atoms with E-state index in [4.69, 9.17) is 9.47 Å². The first kappa shape index (κ1) is 24.5. The molecule has 1 atom stereocenters. The number of carbonyl (C=O) groups excluding carboxylic acids is 3. The van der Waals surface area contributed by atoms with Gasteiger partial charge in [-0.2, -0.15) is 0 Å². The molecule has 0 saturated carbocycles. The third-order valence-electron chi connectivity index (χ3n) is 6.59. The number of ketones is 1. The summed E-state index contributed by atoms with van der Waals surface area (Å²) in [6.45, 7) is 6.23. The summed E-state index contributed by atoms with van der Waals surface area (Å²) in [5.41, 5.74) is 4.64. The first-order chi connectivity index (χ1) is 16.7. The highest BCUT2D eigenvalue weighted by molar-refractivity contribution is 6.04. The number of nitrogens with one attached hydrogen (secondary N) is 1. The second kappa shape index (κ2) is 9.90. The molecule has 1 heterocycles. The van der Waals surface area contributed by atoms with Crippen molar-refractivity contribution in [3.05, 3.63) is 93.8 Å². The highest BCUT2D eigenvalue weighted by Crippen LogP contribution is 2.46. The zero-order valence-electron chi connectivity index (χ0n) is 20.6. The molecule has 0 bridgehead atoms. The van der Waals surface area contributed by atoms with Crippen molar-refractivity contribution in [2.45, 2.75) is 46.0 Å². The Balaban J connectivity index is 1.68. The van der Waals surface area contributed by atoms with Gasteiger partial charge in [0.2, 0.25) is 0 Å². The van der Waals surface area contributed by atoms with Crippen molar-refractivity contribution in [3.63, 3.8) is 0 Å². The summed E-state index contributed by atoms with van der Waals surface area (Å²) in [6.07, 6.45) is 1.71. The van der Waals surface area contributed by atoms with Gasteiger partial charge >= 0.3 is 11.9 Å². The lowest BCUT2D eigenvalue weighted by atomic mass is 9.68. The summed E-state index contributed by atoms with van der Waals surface area (Å²) in [4.78, 5) is 38.7. The molecule has 1 unspecified atom stereocenters. The van der Waals surface area contributed by atoms with Crippen LogP contribution in [-0.4, -0.2) is 31.4 Å². The Bertz CT molecular complexity index is 1210. The Kier molecular flexibility index (Phi) is 6.92. The summed E-state index contributed by atoms with van der Waals surface area (Å²) in [5.74, 6) is -1.43. The van der Waals surface area contributed by atoms with Crippen molar-refractivity contribution >= 4 is 17.7 Å². The van der Waals surface area contributed by atoms with E-state index in [1.165, 1.54) is 7.11 Å². The fraction of sp³-hybridized carbons (Fsp3) is 0.345. The van der Waals surface area contributed by atoms with E-state index in [1.807, 2.05) is 37.3 Å². The average Bonchev–Trinajstić information content (AvgIpc) is 2.82. The minimum absolute atomic E-state index is 0.0212. The van der Waals surface area contributed by atoms with Gasteiger partial charge < -0.3 is 14.8 Å². The van der Waals surface area contributed by atoms with Crippen molar-refractivity contribution in [3.8, 4) is 0 Å². The Morgan fingerprint density at radius 3 is 2.34 bits per heavy atom. The van der Waals surface area contributed by atoms with Gasteiger partial charge in [0.25, 0.3) is 0 Å². The molecule has 6 heteroatoms. The van der Waals surface area contributed by atoms with Crippen LogP contribution in [0.15, 0.2) is 77.1 Å². The van der Waals surface area contributed by atoms with E-state index >= 15 is 0 Å². The molecule has 0 spiro atoms. The zero-order chi connectivity index (χ0) is 25.2. The van der Waals surface area contributed by atoms with E-state index in [-0.39, 0.29) is 17.8 Å². The van der Waals surface area contributed by atoms with Gasteiger partial charge in [0, 0.05) is 35.7 Å². The smallest absolute Gasteiger partial charge is 0.337 e. The number of carbonyl (C=O) groups is 3. The van der Waals surface area contributed by atoms with Gasteiger partial charge in [0.1, 0.15) is 0 Å². The van der Waals surface area contributed by atoms with Gasteiger partial charge in [-0.05, 0) is 42.0 Å². The molecule has 0 saturated heterocycles. The molecule has 1 aliphatic carbocycles. The molecular weight excluding hydrogens is 442 g/mol. The number of Topliss-reactive ketones (excluding diaryl/α,β-unsaturated/α-hetero) is 1. The molecular formula is C29H31NO5. The van der Waals surface area contributed by atoms with E-state index in [0.29, 0.717) is 41.7 Å². The maximum atomic E-state index is 13.4. The van der Waals surface area contributed by atoms with Crippen molar-refractivity contribution in [1.29, 1.82) is 0 Å². The summed E-state index contributed by atoms with van der Waals surface area (Å²) >= 11 is 0. The lowest BCUT2D eigenvalue weighted by Crippen LogP contribution is -2.38. The Morgan fingerprint density at radius 1 is 1.00 bits per heavy atom. The quantitative estimate of drug-likeness (QED) is 0.604. The van der Waals surface area contributed by atoms with E-state index in [1.54, 1.807) is 24.3 Å². The van der Waals surface area contributed by atoms with E-state index in [2.05, 4.69) is 19.2 Å². The number of esters is 2. The number of benzene rings is 2. The van der Waals surface area contributed by atoms with Crippen molar-refractivity contribution in [2.75, 3.05) is 13.7 Å². The molecule has 182 valence electrons. The molecule has 0 aromatic heterocycles. The summed E-state index contributed by atoms with van der Waals surface area (Å²) < 4.78 is 10.5. The molecule has 0 radical (unpaired) electrons. The molecule has 1 N–H and O–H groups in total. The molecule has 0 fully saturated rings. The van der Waals surface area contributed by atoms with E-state index in [9.17, 15) is 14.4 Å². The van der Waals surface area contributed by atoms with Gasteiger partial charge in [-0.1, -0.05) is 56.3 Å². The highest BCUT2D eigenvalue weighted by Gasteiger charge is 2.43. The minimum atomic E-state index is -0.564. The Morgan fingerprint density at radius 2 is 1.69 bits per heavy atom. The van der Waals surface area contributed by atoms with Crippen LogP contribution in [-0.2, 0) is 25.5 Å². The lowest BCUT2D eigenvalue weighted by molar-refractivity contribution is -0.139. The molecule has 0 amide bonds. The normalized spacial score (nSPS) is 19.1. The van der Waals surface area contributed by atoms with Crippen LogP contribution in [0.4, 0.5) is 0 Å². The molecule has 2 aromatic carbocycles. The molecule has 6 nitrogen and oxygen atoms in total. The van der Waals surface area contributed by atoms with Gasteiger partial charge in [0.05, 0.1) is 24.9 Å². The summed E-state index contributed by atoms with van der Waals surface area (Å²) in [5, 5.41) is 3.35. The fourth-order valence-corrected chi connectivity index (χ4v) is 4.95. The molecule has 4 rings (SSSR count). The SMILES string of the molecule is COC(=O)c1ccc(C2C(C(=O)OCCc3ccccc3)=C(C)NC3=C2C(=O)CC(C)(C)C3)cc1. The van der Waals surface area contributed by atoms with Crippen LogP contribution in [0.1, 0.15) is 61.0 Å². The number of allylic oxidation sites excluding steroid dienone is 3. The maximum absolute atomic E-state index is 13.4. The second-order valence-corrected chi connectivity index (χ2v) is 9.91. The molecule has 1 aliphatic heterocycles. The van der Waals surface area contributed by atoms with Gasteiger partial charge in [-0.15, -0.1) is 0 Å². The predicted molar refractivity (Wildman–Crippen MR) is 133 cm³/mol. The topological polar surface area (TPSA) is 81.7 Å². The first-order valence-corrected chi connectivity index (χ1v) is 11.8. The number of rotatable bonds is 6. The second-order valence-electron chi connectivity index (χ2n) is 9.91. The van der Waals surface area contributed by atoms with E-state index in [0.717, 1.165) is 16.8 Å². The minimum Gasteiger partial charge on any atom is -0.465 e. The average molecular weight is 474 g/mol. The van der Waals surface area contributed by atoms with Crippen LogP contribution < -0.4 is 5.32 Å². The van der Waals surface area contributed by atoms with Gasteiger partial charge in [0.15, 0.2) is 5.78 Å². The zero-order valence-corrected chi connectivity index (χ0v) is 20.6. The molecule has 2 aliphatic rings. The van der Waals surface area contributed by atoms with Crippen LogP contribution >= 0.6 is 0 Å². The Labute approximate surface area is 206 Å². The number of dihydropyridines is 1. The van der Waals surface area contributed by atoms with E-state index < -0.39 is 17.9 Å². The van der Waals surface area contributed by atoms with Gasteiger partial charge in [-0.25, -0.2) is 9.59 Å². The van der Waals surface area contributed by atoms with Crippen molar-refractivity contribution in [2.24, 2.45) is 5.41 Å². The van der Waals surface area contributed by atoms with Crippen LogP contribution in [0.2, 0.25) is 0 Å². The van der Waals surface area contributed by atoms with Crippen LogP contribution in [0.5, 0.6) is 0 Å².